The minimum Gasteiger partial charge on any atom is -0.337 e. The standard InChI is InChI=1S/C17H16FN5O/c1-23-10-12(18)8-15(23)17-21-16(22-24-17)14-6-5-11(9-20-14)13-4-2-3-7-19-13/h2-7,9,12,15H,8,10H2,1H3/t12-,15-/m1/s1. The summed E-state index contributed by atoms with van der Waals surface area (Å²) in [6.07, 6.45) is 2.99. The van der Waals surface area contributed by atoms with Crippen LogP contribution in [0.25, 0.3) is 22.8 Å². The van der Waals surface area contributed by atoms with E-state index in [1.54, 1.807) is 12.4 Å². The van der Waals surface area contributed by atoms with Gasteiger partial charge in [-0.15, -0.1) is 0 Å². The number of halogens is 1. The van der Waals surface area contributed by atoms with E-state index in [0.717, 1.165) is 11.3 Å². The molecule has 0 saturated carbocycles. The van der Waals surface area contributed by atoms with Crippen LogP contribution in [0.2, 0.25) is 0 Å². The van der Waals surface area contributed by atoms with Gasteiger partial charge >= 0.3 is 0 Å². The van der Waals surface area contributed by atoms with Crippen molar-refractivity contribution in [2.24, 2.45) is 0 Å². The van der Waals surface area contributed by atoms with Crippen molar-refractivity contribution in [3.8, 4) is 22.8 Å². The molecule has 3 aromatic rings. The molecule has 1 aliphatic heterocycles. The van der Waals surface area contributed by atoms with Crippen molar-refractivity contribution < 1.29 is 8.91 Å². The van der Waals surface area contributed by atoms with Gasteiger partial charge in [-0.25, -0.2) is 4.39 Å². The zero-order chi connectivity index (χ0) is 16.5. The number of pyridine rings is 2. The third-order valence-electron chi connectivity index (χ3n) is 4.18. The molecule has 0 spiro atoms. The van der Waals surface area contributed by atoms with Gasteiger partial charge in [0.15, 0.2) is 0 Å². The van der Waals surface area contributed by atoms with Crippen LogP contribution in [0.15, 0.2) is 47.2 Å². The summed E-state index contributed by atoms with van der Waals surface area (Å²) in [4.78, 5) is 15.0. The fourth-order valence-electron chi connectivity index (χ4n) is 2.91. The maximum Gasteiger partial charge on any atom is 0.244 e. The molecule has 4 heterocycles. The van der Waals surface area contributed by atoms with Gasteiger partial charge in [-0.2, -0.15) is 4.98 Å². The molecule has 0 aromatic carbocycles. The van der Waals surface area contributed by atoms with Crippen molar-refractivity contribution in [3.63, 3.8) is 0 Å². The molecular weight excluding hydrogens is 309 g/mol. The first-order valence-electron chi connectivity index (χ1n) is 7.76. The summed E-state index contributed by atoms with van der Waals surface area (Å²) in [5.41, 5.74) is 2.38. The van der Waals surface area contributed by atoms with Crippen molar-refractivity contribution in [1.82, 2.24) is 25.0 Å². The number of rotatable bonds is 3. The lowest BCUT2D eigenvalue weighted by Crippen LogP contribution is -2.18. The second kappa shape index (κ2) is 6.09. The van der Waals surface area contributed by atoms with Crippen LogP contribution in [0.1, 0.15) is 18.4 Å². The third-order valence-corrected chi connectivity index (χ3v) is 4.18. The molecular formula is C17H16FN5O. The Morgan fingerprint density at radius 1 is 1.17 bits per heavy atom. The molecule has 6 nitrogen and oxygen atoms in total. The highest BCUT2D eigenvalue weighted by atomic mass is 19.1. The Kier molecular flexibility index (Phi) is 3.78. The Bertz CT molecular complexity index is 821. The number of aromatic nitrogens is 4. The van der Waals surface area contributed by atoms with Crippen LogP contribution in [0.4, 0.5) is 4.39 Å². The van der Waals surface area contributed by atoms with Crippen LogP contribution in [0.5, 0.6) is 0 Å². The van der Waals surface area contributed by atoms with E-state index >= 15 is 0 Å². The predicted molar refractivity (Wildman–Crippen MR) is 85.6 cm³/mol. The normalized spacial score (nSPS) is 21.2. The summed E-state index contributed by atoms with van der Waals surface area (Å²) in [6, 6.07) is 9.29. The van der Waals surface area contributed by atoms with Crippen LogP contribution in [-0.4, -0.2) is 44.8 Å². The Labute approximate surface area is 138 Å². The first-order valence-corrected chi connectivity index (χ1v) is 7.76. The summed E-state index contributed by atoms with van der Waals surface area (Å²) in [5.74, 6) is 0.844. The lowest BCUT2D eigenvalue weighted by atomic mass is 10.2. The summed E-state index contributed by atoms with van der Waals surface area (Å²) in [5, 5.41) is 3.98. The van der Waals surface area contributed by atoms with Crippen molar-refractivity contribution in [3.05, 3.63) is 48.6 Å². The quantitative estimate of drug-likeness (QED) is 0.737. The first kappa shape index (κ1) is 14.9. The van der Waals surface area contributed by atoms with E-state index < -0.39 is 6.17 Å². The number of nitrogens with zero attached hydrogens (tertiary/aromatic N) is 5. The van der Waals surface area contributed by atoms with Gasteiger partial charge in [-0.3, -0.25) is 14.9 Å². The molecule has 1 saturated heterocycles. The molecule has 0 radical (unpaired) electrons. The van der Waals surface area contributed by atoms with Crippen molar-refractivity contribution in [2.45, 2.75) is 18.6 Å². The lowest BCUT2D eigenvalue weighted by molar-refractivity contribution is 0.243. The topological polar surface area (TPSA) is 67.9 Å². The minimum absolute atomic E-state index is 0.172. The van der Waals surface area contributed by atoms with Crippen LogP contribution in [0.3, 0.4) is 0 Å². The monoisotopic (exact) mass is 325 g/mol. The molecule has 2 atom stereocenters. The van der Waals surface area contributed by atoms with E-state index in [0.29, 0.717) is 30.4 Å². The van der Waals surface area contributed by atoms with Crippen LogP contribution < -0.4 is 0 Å². The zero-order valence-electron chi connectivity index (χ0n) is 13.1. The van der Waals surface area contributed by atoms with E-state index in [1.807, 2.05) is 42.3 Å². The predicted octanol–water partition coefficient (Wildman–Crippen LogP) is 2.91. The van der Waals surface area contributed by atoms with Crippen molar-refractivity contribution >= 4 is 0 Å². The van der Waals surface area contributed by atoms with Crippen molar-refractivity contribution in [1.29, 1.82) is 0 Å². The summed E-state index contributed by atoms with van der Waals surface area (Å²) in [7, 11) is 1.86. The van der Waals surface area contributed by atoms with Gasteiger partial charge in [-0.1, -0.05) is 11.2 Å². The second-order valence-corrected chi connectivity index (χ2v) is 5.89. The number of hydrogen-bond donors (Lipinski definition) is 0. The van der Waals surface area contributed by atoms with Crippen LogP contribution in [0, 0.1) is 0 Å². The fourth-order valence-corrected chi connectivity index (χ4v) is 2.91. The van der Waals surface area contributed by atoms with Crippen LogP contribution >= 0.6 is 0 Å². The highest BCUT2D eigenvalue weighted by Gasteiger charge is 2.34. The third kappa shape index (κ3) is 2.78. The second-order valence-electron chi connectivity index (χ2n) is 5.89. The molecule has 0 bridgehead atoms. The molecule has 7 heteroatoms. The maximum absolute atomic E-state index is 13.5. The highest BCUT2D eigenvalue weighted by Crippen LogP contribution is 2.32. The van der Waals surface area contributed by atoms with Gasteiger partial charge < -0.3 is 4.52 Å². The van der Waals surface area contributed by atoms with Gasteiger partial charge in [0.1, 0.15) is 11.9 Å². The average Bonchev–Trinajstić information content (AvgIpc) is 3.22. The average molecular weight is 325 g/mol. The molecule has 1 aliphatic rings. The Balaban J connectivity index is 1.57. The van der Waals surface area contributed by atoms with Crippen LogP contribution in [-0.2, 0) is 0 Å². The SMILES string of the molecule is CN1C[C@H](F)C[C@@H]1c1nc(-c2ccc(-c3ccccn3)cn2)no1. The highest BCUT2D eigenvalue weighted by molar-refractivity contribution is 5.60. The molecule has 0 unspecified atom stereocenters. The Hall–Kier alpha value is -2.67. The molecule has 0 N–H and O–H groups in total. The molecule has 4 rings (SSSR count). The fraction of sp³-hybridized carbons (Fsp3) is 0.294. The van der Waals surface area contributed by atoms with Gasteiger partial charge in [-0.05, 0) is 31.3 Å². The molecule has 24 heavy (non-hydrogen) atoms. The summed E-state index contributed by atoms with van der Waals surface area (Å²) >= 11 is 0. The Morgan fingerprint density at radius 3 is 2.75 bits per heavy atom. The van der Waals surface area contributed by atoms with Gasteiger partial charge in [0.2, 0.25) is 11.7 Å². The Morgan fingerprint density at radius 2 is 2.08 bits per heavy atom. The lowest BCUT2D eigenvalue weighted by Gasteiger charge is -2.13. The number of hydrogen-bond acceptors (Lipinski definition) is 6. The van der Waals surface area contributed by atoms with E-state index in [9.17, 15) is 4.39 Å². The molecule has 0 amide bonds. The van der Waals surface area contributed by atoms with E-state index in [1.165, 1.54) is 0 Å². The summed E-state index contributed by atoms with van der Waals surface area (Å²) < 4.78 is 18.8. The van der Waals surface area contributed by atoms with E-state index in [2.05, 4.69) is 20.1 Å². The maximum atomic E-state index is 13.5. The van der Waals surface area contributed by atoms with Gasteiger partial charge in [0.05, 0.1) is 11.7 Å². The van der Waals surface area contributed by atoms with Crippen molar-refractivity contribution in [2.75, 3.05) is 13.6 Å². The molecule has 122 valence electrons. The summed E-state index contributed by atoms with van der Waals surface area (Å²) in [6.45, 7) is 0.388. The van der Waals surface area contributed by atoms with E-state index in [4.69, 9.17) is 4.52 Å². The minimum atomic E-state index is -0.855. The zero-order valence-corrected chi connectivity index (χ0v) is 13.1. The molecule has 1 fully saturated rings. The number of likely N-dealkylation sites (tertiary alicyclic amines) is 1. The largest absolute Gasteiger partial charge is 0.337 e. The molecule has 3 aromatic heterocycles. The molecule has 0 aliphatic carbocycles. The first-order chi connectivity index (χ1) is 11.7. The smallest absolute Gasteiger partial charge is 0.244 e. The van der Waals surface area contributed by atoms with Gasteiger partial charge in [0, 0.05) is 30.9 Å². The van der Waals surface area contributed by atoms with Gasteiger partial charge in [0.25, 0.3) is 0 Å². The number of alkyl halides is 1. The van der Waals surface area contributed by atoms with E-state index in [-0.39, 0.29) is 6.04 Å².